The lowest BCUT2D eigenvalue weighted by molar-refractivity contribution is 0.0694. The minimum Gasteiger partial charge on any atom is -0.496 e. The fraction of sp³-hybridized carbons (Fsp3) is 0.417. The van der Waals surface area contributed by atoms with Gasteiger partial charge in [-0.25, -0.2) is 4.79 Å². The molecule has 0 unspecified atom stereocenters. The number of carboxylic acids is 1. The van der Waals surface area contributed by atoms with Gasteiger partial charge in [0, 0.05) is 13.1 Å². The predicted molar refractivity (Wildman–Crippen MR) is 61.4 cm³/mol. The number of nitrogens with zero attached hydrogens (tertiary/aromatic N) is 1. The Balaban J connectivity index is 2.46. The first kappa shape index (κ1) is 10.8. The first-order valence-electron chi connectivity index (χ1n) is 5.39. The molecule has 0 amide bonds. The van der Waals surface area contributed by atoms with Crippen LogP contribution in [0.5, 0.6) is 5.75 Å². The van der Waals surface area contributed by atoms with E-state index in [4.69, 9.17) is 4.74 Å². The highest BCUT2D eigenvalue weighted by atomic mass is 16.5. The summed E-state index contributed by atoms with van der Waals surface area (Å²) in [4.78, 5) is 13.4. The third-order valence-electron chi connectivity index (χ3n) is 2.88. The lowest BCUT2D eigenvalue weighted by Crippen LogP contribution is -2.21. The molecule has 1 aliphatic heterocycles. The van der Waals surface area contributed by atoms with Gasteiger partial charge >= 0.3 is 5.97 Å². The Hall–Kier alpha value is -1.71. The van der Waals surface area contributed by atoms with Crippen molar-refractivity contribution in [2.45, 2.75) is 12.8 Å². The lowest BCUT2D eigenvalue weighted by Gasteiger charge is -2.21. The van der Waals surface area contributed by atoms with Crippen LogP contribution in [-0.4, -0.2) is 31.3 Å². The van der Waals surface area contributed by atoms with Crippen molar-refractivity contribution < 1.29 is 14.6 Å². The smallest absolute Gasteiger partial charge is 0.341 e. The molecule has 0 aromatic heterocycles. The Morgan fingerprint density at radius 1 is 1.38 bits per heavy atom. The highest BCUT2D eigenvalue weighted by Gasteiger charge is 2.22. The average Bonchev–Trinajstić information content (AvgIpc) is 2.81. The first-order chi connectivity index (χ1) is 7.74. The van der Waals surface area contributed by atoms with Gasteiger partial charge in [-0.3, -0.25) is 0 Å². The average molecular weight is 221 g/mol. The van der Waals surface area contributed by atoms with E-state index in [-0.39, 0.29) is 5.56 Å². The van der Waals surface area contributed by atoms with E-state index in [0.29, 0.717) is 5.75 Å². The molecule has 1 aromatic carbocycles. The summed E-state index contributed by atoms with van der Waals surface area (Å²) in [5.41, 5.74) is 1.04. The van der Waals surface area contributed by atoms with Crippen LogP contribution >= 0.6 is 0 Å². The Bertz CT molecular complexity index is 397. The minimum atomic E-state index is -0.931. The van der Waals surface area contributed by atoms with E-state index in [0.717, 1.165) is 31.6 Å². The summed E-state index contributed by atoms with van der Waals surface area (Å²) < 4.78 is 5.10. The quantitative estimate of drug-likeness (QED) is 0.848. The maximum atomic E-state index is 11.3. The van der Waals surface area contributed by atoms with Crippen molar-refractivity contribution in [1.82, 2.24) is 0 Å². The Morgan fingerprint density at radius 2 is 2.06 bits per heavy atom. The molecule has 1 aliphatic rings. The fourth-order valence-electron chi connectivity index (χ4n) is 2.13. The molecule has 1 heterocycles. The number of hydrogen-bond donors (Lipinski definition) is 1. The monoisotopic (exact) mass is 221 g/mol. The number of benzene rings is 1. The standard InChI is InChI=1S/C12H15NO3/c1-16-10-6-4-5-9(11(10)12(14)15)13-7-2-3-8-13/h4-6H,2-3,7-8H2,1H3,(H,14,15). The van der Waals surface area contributed by atoms with Crippen LogP contribution in [0.3, 0.4) is 0 Å². The van der Waals surface area contributed by atoms with Crippen LogP contribution in [0.25, 0.3) is 0 Å². The van der Waals surface area contributed by atoms with Gasteiger partial charge in [-0.1, -0.05) is 6.07 Å². The molecule has 0 radical (unpaired) electrons. The van der Waals surface area contributed by atoms with Gasteiger partial charge in [0.25, 0.3) is 0 Å². The molecular formula is C12H15NO3. The largest absolute Gasteiger partial charge is 0.496 e. The van der Waals surface area contributed by atoms with Crippen LogP contribution in [0.2, 0.25) is 0 Å². The SMILES string of the molecule is COc1cccc(N2CCCC2)c1C(=O)O. The van der Waals surface area contributed by atoms with Gasteiger partial charge in [-0.15, -0.1) is 0 Å². The summed E-state index contributed by atoms with van der Waals surface area (Å²) in [7, 11) is 1.50. The molecule has 86 valence electrons. The van der Waals surface area contributed by atoms with Crippen molar-refractivity contribution in [2.75, 3.05) is 25.1 Å². The molecule has 0 saturated carbocycles. The molecule has 0 bridgehead atoms. The van der Waals surface area contributed by atoms with Crippen LogP contribution in [0.1, 0.15) is 23.2 Å². The van der Waals surface area contributed by atoms with Gasteiger partial charge in [-0.2, -0.15) is 0 Å². The topological polar surface area (TPSA) is 49.8 Å². The Kier molecular flexibility index (Phi) is 2.99. The number of ether oxygens (including phenoxy) is 1. The van der Waals surface area contributed by atoms with E-state index in [9.17, 15) is 9.90 Å². The second kappa shape index (κ2) is 4.43. The van der Waals surface area contributed by atoms with Crippen molar-refractivity contribution in [2.24, 2.45) is 0 Å². The summed E-state index contributed by atoms with van der Waals surface area (Å²) in [5.74, 6) is -0.503. The van der Waals surface area contributed by atoms with Gasteiger partial charge in [0.1, 0.15) is 11.3 Å². The van der Waals surface area contributed by atoms with Crippen LogP contribution in [0, 0.1) is 0 Å². The number of carboxylic acid groups (broad SMARTS) is 1. The van der Waals surface area contributed by atoms with E-state index in [1.165, 1.54) is 7.11 Å². The third kappa shape index (κ3) is 1.83. The number of rotatable bonds is 3. The van der Waals surface area contributed by atoms with Crippen molar-refractivity contribution in [3.05, 3.63) is 23.8 Å². The molecule has 2 rings (SSSR count). The van der Waals surface area contributed by atoms with Crippen molar-refractivity contribution >= 4 is 11.7 Å². The third-order valence-corrected chi connectivity index (χ3v) is 2.88. The van der Waals surface area contributed by atoms with E-state index >= 15 is 0 Å². The molecule has 1 fully saturated rings. The van der Waals surface area contributed by atoms with Crippen molar-refractivity contribution in [3.8, 4) is 5.75 Å². The molecule has 4 nitrogen and oxygen atoms in total. The minimum absolute atomic E-state index is 0.270. The second-order valence-corrected chi connectivity index (χ2v) is 3.85. The summed E-state index contributed by atoms with van der Waals surface area (Å²) in [6.45, 7) is 1.85. The zero-order chi connectivity index (χ0) is 11.5. The molecular weight excluding hydrogens is 206 g/mol. The van der Waals surface area contributed by atoms with Gasteiger partial charge in [0.2, 0.25) is 0 Å². The summed E-state index contributed by atoms with van der Waals surface area (Å²) in [6, 6.07) is 5.36. The number of hydrogen-bond acceptors (Lipinski definition) is 3. The number of carbonyl (C=O) groups is 1. The maximum absolute atomic E-state index is 11.3. The maximum Gasteiger partial charge on any atom is 0.341 e. The zero-order valence-electron chi connectivity index (χ0n) is 9.27. The number of methoxy groups -OCH3 is 1. The van der Waals surface area contributed by atoms with Crippen LogP contribution in [-0.2, 0) is 0 Å². The van der Waals surface area contributed by atoms with Crippen molar-refractivity contribution in [1.29, 1.82) is 0 Å². The van der Waals surface area contributed by atoms with Crippen LogP contribution in [0.15, 0.2) is 18.2 Å². The lowest BCUT2D eigenvalue weighted by atomic mass is 10.1. The summed E-state index contributed by atoms with van der Waals surface area (Å²) in [6.07, 6.45) is 2.24. The van der Waals surface area contributed by atoms with Crippen molar-refractivity contribution in [3.63, 3.8) is 0 Å². The normalized spacial score (nSPS) is 15.2. The molecule has 1 saturated heterocycles. The molecule has 0 aliphatic carbocycles. The second-order valence-electron chi connectivity index (χ2n) is 3.85. The van der Waals surface area contributed by atoms with E-state index in [2.05, 4.69) is 4.90 Å². The number of aromatic carboxylic acids is 1. The van der Waals surface area contributed by atoms with Gasteiger partial charge in [0.05, 0.1) is 12.8 Å². The fourth-order valence-corrected chi connectivity index (χ4v) is 2.13. The molecule has 1 aromatic rings. The Morgan fingerprint density at radius 3 is 2.62 bits per heavy atom. The van der Waals surface area contributed by atoms with E-state index < -0.39 is 5.97 Å². The molecule has 16 heavy (non-hydrogen) atoms. The first-order valence-corrected chi connectivity index (χ1v) is 5.39. The molecule has 0 atom stereocenters. The van der Waals surface area contributed by atoms with Gasteiger partial charge in [0.15, 0.2) is 0 Å². The zero-order valence-corrected chi connectivity index (χ0v) is 9.27. The van der Waals surface area contributed by atoms with Gasteiger partial charge < -0.3 is 14.7 Å². The molecule has 0 spiro atoms. The predicted octanol–water partition coefficient (Wildman–Crippen LogP) is 1.99. The Labute approximate surface area is 94.4 Å². The van der Waals surface area contributed by atoms with Crippen LogP contribution in [0.4, 0.5) is 5.69 Å². The van der Waals surface area contributed by atoms with Gasteiger partial charge in [-0.05, 0) is 25.0 Å². The summed E-state index contributed by atoms with van der Waals surface area (Å²) >= 11 is 0. The molecule has 1 N–H and O–H groups in total. The van der Waals surface area contributed by atoms with E-state index in [1.54, 1.807) is 6.07 Å². The number of anilines is 1. The molecule has 4 heteroatoms. The highest BCUT2D eigenvalue weighted by Crippen LogP contribution is 2.31. The van der Waals surface area contributed by atoms with Crippen LogP contribution < -0.4 is 9.64 Å². The van der Waals surface area contributed by atoms with E-state index in [1.807, 2.05) is 12.1 Å². The highest BCUT2D eigenvalue weighted by molar-refractivity contribution is 5.97. The summed E-state index contributed by atoms with van der Waals surface area (Å²) in [5, 5.41) is 9.23.